The maximum atomic E-state index is 12.7. The number of hydrogen-bond acceptors (Lipinski definition) is 5. The van der Waals surface area contributed by atoms with Gasteiger partial charge in [0.25, 0.3) is 5.91 Å². The Kier molecular flexibility index (Phi) is 6.31. The van der Waals surface area contributed by atoms with Crippen LogP contribution in [0.25, 0.3) is 11.4 Å². The van der Waals surface area contributed by atoms with E-state index in [1.165, 1.54) is 0 Å². The van der Waals surface area contributed by atoms with E-state index in [-0.39, 0.29) is 11.8 Å². The maximum Gasteiger partial charge on any atom is 0.253 e. The van der Waals surface area contributed by atoms with Gasteiger partial charge in [0.1, 0.15) is 11.8 Å². The molecule has 0 spiro atoms. The zero-order chi connectivity index (χ0) is 20.1. The largest absolute Gasteiger partial charge is 0.497 e. The van der Waals surface area contributed by atoms with E-state index >= 15 is 0 Å². The molecule has 0 unspecified atom stereocenters. The third-order valence-electron chi connectivity index (χ3n) is 4.67. The third-order valence-corrected chi connectivity index (χ3v) is 5.00. The van der Waals surface area contributed by atoms with Crippen molar-refractivity contribution in [2.45, 2.75) is 26.3 Å². The SMILES string of the molecule is CC[C@@H](C)[C@@H](NC(=O)c1ccccc1Cl)c1nc(-c2ccc(OC)cc2)no1. The Hall–Kier alpha value is -2.86. The molecular formula is C21H22ClN3O3. The highest BCUT2D eigenvalue weighted by Gasteiger charge is 2.27. The van der Waals surface area contributed by atoms with Crippen molar-refractivity contribution in [3.63, 3.8) is 0 Å². The Labute approximate surface area is 168 Å². The molecule has 1 amide bonds. The molecule has 146 valence electrons. The molecule has 2 atom stereocenters. The van der Waals surface area contributed by atoms with E-state index in [0.29, 0.717) is 22.3 Å². The van der Waals surface area contributed by atoms with Crippen LogP contribution in [0, 0.1) is 5.92 Å². The van der Waals surface area contributed by atoms with Crippen molar-refractivity contribution in [3.8, 4) is 17.1 Å². The molecule has 0 saturated carbocycles. The van der Waals surface area contributed by atoms with Gasteiger partial charge in [-0.05, 0) is 42.3 Å². The van der Waals surface area contributed by atoms with Crippen LogP contribution in [0.15, 0.2) is 53.1 Å². The Morgan fingerprint density at radius 1 is 1.21 bits per heavy atom. The standard InChI is InChI=1S/C21H22ClN3O3/c1-4-13(2)18(23-20(26)16-7-5-6-8-17(16)22)21-24-19(25-28-21)14-9-11-15(27-3)12-10-14/h5-13,18H,4H2,1-3H3,(H,23,26)/t13-,18-/m1/s1. The first-order chi connectivity index (χ1) is 13.5. The monoisotopic (exact) mass is 399 g/mol. The van der Waals surface area contributed by atoms with Crippen LogP contribution >= 0.6 is 11.6 Å². The van der Waals surface area contributed by atoms with E-state index in [4.69, 9.17) is 20.9 Å². The third kappa shape index (κ3) is 4.34. The summed E-state index contributed by atoms with van der Waals surface area (Å²) in [5, 5.41) is 7.45. The van der Waals surface area contributed by atoms with Gasteiger partial charge < -0.3 is 14.6 Å². The van der Waals surface area contributed by atoms with Gasteiger partial charge in [-0.15, -0.1) is 0 Å². The first-order valence-electron chi connectivity index (χ1n) is 9.07. The second kappa shape index (κ2) is 8.89. The van der Waals surface area contributed by atoms with Crippen LogP contribution in [0.1, 0.15) is 42.6 Å². The zero-order valence-corrected chi connectivity index (χ0v) is 16.7. The Morgan fingerprint density at radius 2 is 1.93 bits per heavy atom. The molecule has 7 heteroatoms. The number of carbonyl (C=O) groups excluding carboxylic acids is 1. The first-order valence-corrected chi connectivity index (χ1v) is 9.44. The predicted octanol–water partition coefficient (Wildman–Crippen LogP) is 4.92. The summed E-state index contributed by atoms with van der Waals surface area (Å²) < 4.78 is 10.7. The van der Waals surface area contributed by atoms with E-state index in [2.05, 4.69) is 15.5 Å². The molecular weight excluding hydrogens is 378 g/mol. The van der Waals surface area contributed by atoms with Crippen molar-refractivity contribution in [1.29, 1.82) is 0 Å². The summed E-state index contributed by atoms with van der Waals surface area (Å²) >= 11 is 6.15. The van der Waals surface area contributed by atoms with Gasteiger partial charge in [0.2, 0.25) is 11.7 Å². The van der Waals surface area contributed by atoms with Gasteiger partial charge in [-0.2, -0.15) is 4.98 Å². The average molecular weight is 400 g/mol. The summed E-state index contributed by atoms with van der Waals surface area (Å²) in [6.07, 6.45) is 0.827. The Morgan fingerprint density at radius 3 is 2.57 bits per heavy atom. The highest BCUT2D eigenvalue weighted by Crippen LogP contribution is 2.27. The fourth-order valence-corrected chi connectivity index (χ4v) is 2.99. The van der Waals surface area contributed by atoms with E-state index in [9.17, 15) is 4.79 Å². The number of rotatable bonds is 7. The van der Waals surface area contributed by atoms with Gasteiger partial charge in [-0.3, -0.25) is 4.79 Å². The highest BCUT2D eigenvalue weighted by atomic mass is 35.5. The maximum absolute atomic E-state index is 12.7. The van der Waals surface area contributed by atoms with Gasteiger partial charge >= 0.3 is 0 Å². The van der Waals surface area contributed by atoms with Crippen molar-refractivity contribution >= 4 is 17.5 Å². The molecule has 2 aromatic carbocycles. The molecule has 0 fully saturated rings. The molecule has 0 aliphatic carbocycles. The minimum Gasteiger partial charge on any atom is -0.497 e. The van der Waals surface area contributed by atoms with Crippen LogP contribution in [0.2, 0.25) is 5.02 Å². The summed E-state index contributed by atoms with van der Waals surface area (Å²) in [6.45, 7) is 4.06. The van der Waals surface area contributed by atoms with Crippen LogP contribution in [0.3, 0.4) is 0 Å². The molecule has 0 aliphatic heterocycles. The molecule has 6 nitrogen and oxygen atoms in total. The molecule has 0 saturated heterocycles. The van der Waals surface area contributed by atoms with E-state index in [1.54, 1.807) is 31.4 Å². The molecule has 0 aliphatic rings. The van der Waals surface area contributed by atoms with E-state index < -0.39 is 6.04 Å². The van der Waals surface area contributed by atoms with Gasteiger partial charge in [-0.25, -0.2) is 0 Å². The van der Waals surface area contributed by atoms with Gasteiger partial charge in [0.15, 0.2) is 0 Å². The van der Waals surface area contributed by atoms with Crippen LogP contribution in [0.5, 0.6) is 5.75 Å². The number of benzene rings is 2. The molecule has 0 bridgehead atoms. The van der Waals surface area contributed by atoms with Crippen molar-refractivity contribution in [3.05, 3.63) is 65.0 Å². The van der Waals surface area contributed by atoms with Crippen LogP contribution in [-0.2, 0) is 0 Å². The number of methoxy groups -OCH3 is 1. The second-order valence-corrected chi connectivity index (χ2v) is 6.91. The molecule has 3 rings (SSSR count). The van der Waals surface area contributed by atoms with Crippen LogP contribution in [-0.4, -0.2) is 23.2 Å². The van der Waals surface area contributed by atoms with Crippen molar-refractivity contribution < 1.29 is 14.1 Å². The van der Waals surface area contributed by atoms with E-state index in [0.717, 1.165) is 17.7 Å². The molecule has 1 N–H and O–H groups in total. The predicted molar refractivity (Wildman–Crippen MR) is 107 cm³/mol. The fraction of sp³-hybridized carbons (Fsp3) is 0.286. The number of nitrogens with zero attached hydrogens (tertiary/aromatic N) is 2. The summed E-state index contributed by atoms with van der Waals surface area (Å²) in [4.78, 5) is 17.2. The normalized spacial score (nSPS) is 13.0. The lowest BCUT2D eigenvalue weighted by atomic mass is 9.98. The minimum atomic E-state index is -0.423. The quantitative estimate of drug-likeness (QED) is 0.610. The zero-order valence-electron chi connectivity index (χ0n) is 16.0. The smallest absolute Gasteiger partial charge is 0.253 e. The number of amides is 1. The number of ether oxygens (including phenoxy) is 1. The molecule has 0 radical (unpaired) electrons. The lowest BCUT2D eigenvalue weighted by molar-refractivity contribution is 0.0910. The number of hydrogen-bond donors (Lipinski definition) is 1. The Bertz CT molecular complexity index is 940. The summed E-state index contributed by atoms with van der Waals surface area (Å²) in [7, 11) is 1.61. The molecule has 1 heterocycles. The van der Waals surface area contributed by atoms with Crippen LogP contribution < -0.4 is 10.1 Å². The summed E-state index contributed by atoms with van der Waals surface area (Å²) in [5.74, 6) is 1.38. The topological polar surface area (TPSA) is 77.2 Å². The van der Waals surface area contributed by atoms with Crippen molar-refractivity contribution in [2.75, 3.05) is 7.11 Å². The minimum absolute atomic E-state index is 0.0932. The lowest BCUT2D eigenvalue weighted by Gasteiger charge is -2.21. The molecule has 28 heavy (non-hydrogen) atoms. The number of halogens is 1. The molecule has 1 aromatic heterocycles. The first kappa shape index (κ1) is 19.9. The lowest BCUT2D eigenvalue weighted by Crippen LogP contribution is -2.33. The fourth-order valence-electron chi connectivity index (χ4n) is 2.77. The number of nitrogens with one attached hydrogen (secondary N) is 1. The van der Waals surface area contributed by atoms with Gasteiger partial charge in [0.05, 0.1) is 17.7 Å². The average Bonchev–Trinajstić information content (AvgIpc) is 3.21. The highest BCUT2D eigenvalue weighted by molar-refractivity contribution is 6.33. The second-order valence-electron chi connectivity index (χ2n) is 6.50. The van der Waals surface area contributed by atoms with Gasteiger partial charge in [0, 0.05) is 5.56 Å². The van der Waals surface area contributed by atoms with Crippen LogP contribution in [0.4, 0.5) is 0 Å². The Balaban J connectivity index is 1.85. The summed E-state index contributed by atoms with van der Waals surface area (Å²) in [5.41, 5.74) is 1.21. The van der Waals surface area contributed by atoms with Crippen molar-refractivity contribution in [1.82, 2.24) is 15.5 Å². The number of carbonyl (C=O) groups is 1. The van der Waals surface area contributed by atoms with E-state index in [1.807, 2.05) is 38.1 Å². The van der Waals surface area contributed by atoms with Gasteiger partial charge in [-0.1, -0.05) is 49.2 Å². The molecule has 3 aromatic rings. The number of aromatic nitrogens is 2. The summed E-state index contributed by atoms with van der Waals surface area (Å²) in [6, 6.07) is 13.9. The van der Waals surface area contributed by atoms with Crippen molar-refractivity contribution in [2.24, 2.45) is 5.92 Å².